The maximum atomic E-state index is 9.77. The molecule has 4 rings (SSSR count). The summed E-state index contributed by atoms with van der Waals surface area (Å²) in [5.74, 6) is -3.54. The average molecular weight is 472 g/mol. The number of benzene rings is 2. The number of aliphatic carboxylic acids is 2. The van der Waals surface area contributed by atoms with Gasteiger partial charge in [-0.05, 0) is 38.9 Å². The van der Waals surface area contributed by atoms with Crippen molar-refractivity contribution in [2.24, 2.45) is 0 Å². The highest BCUT2D eigenvalue weighted by Crippen LogP contribution is 2.28. The van der Waals surface area contributed by atoms with E-state index < -0.39 is 24.1 Å². The molecule has 34 heavy (non-hydrogen) atoms. The largest absolute Gasteiger partial charge is 0.479 e. The van der Waals surface area contributed by atoms with E-state index in [1.54, 1.807) is 0 Å². The zero-order valence-electron chi connectivity index (χ0n) is 19.5. The lowest BCUT2D eigenvalue weighted by Gasteiger charge is -2.36. The number of aliphatic hydroxyl groups is 2. The van der Waals surface area contributed by atoms with E-state index in [1.165, 1.54) is 34.8 Å². The first-order valence-electron chi connectivity index (χ1n) is 11.4. The van der Waals surface area contributed by atoms with Crippen LogP contribution in [0.3, 0.4) is 0 Å². The molecule has 2 aromatic carbocycles. The third-order valence-electron chi connectivity index (χ3n) is 5.97. The maximum absolute atomic E-state index is 9.77. The standard InChI is InChI=1S/C21H27N3.C4H6O6/c1-16-14-23(15-17(2)22-16)12-7-13-24-20-10-5-3-8-18(20)19-9-4-6-11-21(19)24;5-1(3(7)8)2(6)4(9)10/h3-6,8-11,16-17,22H,7,12-15H2,1-2H3;1-2,5-6H,(H,7,8)(H,9,10)/t16-,17+;. The number of nitrogens with zero attached hydrogens (tertiary/aromatic N) is 2. The van der Waals surface area contributed by atoms with Crippen LogP contribution >= 0.6 is 0 Å². The molecular formula is C25H33N3O6. The highest BCUT2D eigenvalue weighted by atomic mass is 16.4. The molecule has 0 radical (unpaired) electrons. The van der Waals surface area contributed by atoms with Crippen molar-refractivity contribution in [3.8, 4) is 0 Å². The Labute approximate surface area is 198 Å². The molecule has 184 valence electrons. The van der Waals surface area contributed by atoms with Crippen LogP contribution in [0.1, 0.15) is 20.3 Å². The molecule has 0 bridgehead atoms. The number of rotatable bonds is 7. The van der Waals surface area contributed by atoms with Gasteiger partial charge in [0.05, 0.1) is 0 Å². The number of aryl methyl sites for hydroxylation is 1. The number of hydrogen-bond acceptors (Lipinski definition) is 6. The van der Waals surface area contributed by atoms with Gasteiger partial charge in [-0.25, -0.2) is 9.59 Å². The highest BCUT2D eigenvalue weighted by molar-refractivity contribution is 6.07. The number of fused-ring (bicyclic) bond motifs is 3. The van der Waals surface area contributed by atoms with Gasteiger partial charge in [0.25, 0.3) is 0 Å². The van der Waals surface area contributed by atoms with Gasteiger partial charge in [-0.15, -0.1) is 0 Å². The molecule has 3 aromatic rings. The predicted molar refractivity (Wildman–Crippen MR) is 130 cm³/mol. The van der Waals surface area contributed by atoms with E-state index in [0.29, 0.717) is 12.1 Å². The molecule has 1 aromatic heterocycles. The summed E-state index contributed by atoms with van der Waals surface area (Å²) in [6.07, 6.45) is -3.34. The third kappa shape index (κ3) is 6.12. The van der Waals surface area contributed by atoms with Crippen LogP contribution < -0.4 is 5.32 Å². The lowest BCUT2D eigenvalue weighted by Crippen LogP contribution is -2.54. The molecule has 0 amide bonds. The summed E-state index contributed by atoms with van der Waals surface area (Å²) in [5.41, 5.74) is 2.72. The second kappa shape index (κ2) is 11.4. The van der Waals surface area contributed by atoms with Gasteiger partial charge in [-0.1, -0.05) is 36.4 Å². The van der Waals surface area contributed by atoms with E-state index >= 15 is 0 Å². The Bertz CT molecular complexity index is 1050. The van der Waals surface area contributed by atoms with Crippen molar-refractivity contribution in [2.75, 3.05) is 19.6 Å². The number of para-hydroxylation sites is 2. The van der Waals surface area contributed by atoms with E-state index in [-0.39, 0.29) is 0 Å². The molecule has 1 aliphatic heterocycles. The van der Waals surface area contributed by atoms with Crippen LogP contribution in [-0.4, -0.2) is 85.8 Å². The summed E-state index contributed by atoms with van der Waals surface area (Å²) in [7, 11) is 0. The molecule has 4 atom stereocenters. The molecule has 0 saturated carbocycles. The van der Waals surface area contributed by atoms with Gasteiger partial charge in [0, 0.05) is 53.5 Å². The van der Waals surface area contributed by atoms with Crippen LogP contribution in [0.2, 0.25) is 0 Å². The van der Waals surface area contributed by atoms with Gasteiger partial charge in [-0.2, -0.15) is 0 Å². The first-order chi connectivity index (χ1) is 16.2. The lowest BCUT2D eigenvalue weighted by molar-refractivity contribution is -0.165. The molecule has 2 unspecified atom stereocenters. The summed E-state index contributed by atoms with van der Waals surface area (Å²) in [5, 5.41) is 38.9. The molecule has 0 spiro atoms. The first kappa shape index (κ1) is 25.6. The summed E-state index contributed by atoms with van der Waals surface area (Å²) in [6, 6.07) is 18.8. The van der Waals surface area contributed by atoms with Crippen LogP contribution in [0.25, 0.3) is 21.8 Å². The Balaban J connectivity index is 0.000000277. The monoisotopic (exact) mass is 471 g/mol. The quantitative estimate of drug-likeness (QED) is 0.352. The number of aromatic nitrogens is 1. The van der Waals surface area contributed by atoms with Crippen molar-refractivity contribution in [3.05, 3.63) is 48.5 Å². The molecule has 1 aliphatic rings. The number of hydrogen-bond donors (Lipinski definition) is 5. The van der Waals surface area contributed by atoms with Crippen molar-refractivity contribution >= 4 is 33.7 Å². The molecule has 1 fully saturated rings. The topological polar surface area (TPSA) is 135 Å². The lowest BCUT2D eigenvalue weighted by atomic mass is 10.1. The Hall–Kier alpha value is -2.98. The van der Waals surface area contributed by atoms with E-state index in [2.05, 4.69) is 77.2 Å². The fourth-order valence-corrected chi connectivity index (χ4v) is 4.59. The molecule has 2 heterocycles. The highest BCUT2D eigenvalue weighted by Gasteiger charge is 2.29. The van der Waals surface area contributed by atoms with Crippen LogP contribution in [0.4, 0.5) is 0 Å². The van der Waals surface area contributed by atoms with Crippen molar-refractivity contribution < 1.29 is 30.0 Å². The maximum Gasteiger partial charge on any atom is 0.335 e. The predicted octanol–water partition coefficient (Wildman–Crippen LogP) is 1.74. The molecule has 1 saturated heterocycles. The van der Waals surface area contributed by atoms with E-state index in [4.69, 9.17) is 20.4 Å². The second-order valence-corrected chi connectivity index (χ2v) is 8.83. The Morgan fingerprint density at radius 1 is 0.853 bits per heavy atom. The number of carboxylic acids is 2. The van der Waals surface area contributed by atoms with Gasteiger partial charge in [0.2, 0.25) is 0 Å². The first-order valence-corrected chi connectivity index (χ1v) is 11.4. The van der Waals surface area contributed by atoms with Crippen molar-refractivity contribution in [1.29, 1.82) is 0 Å². The van der Waals surface area contributed by atoms with Gasteiger partial charge >= 0.3 is 11.9 Å². The summed E-state index contributed by atoms with van der Waals surface area (Å²) >= 11 is 0. The van der Waals surface area contributed by atoms with Crippen molar-refractivity contribution in [1.82, 2.24) is 14.8 Å². The zero-order valence-corrected chi connectivity index (χ0v) is 19.5. The number of carbonyl (C=O) groups is 2. The third-order valence-corrected chi connectivity index (χ3v) is 5.97. The number of carboxylic acid groups (broad SMARTS) is 2. The minimum Gasteiger partial charge on any atom is -0.479 e. The summed E-state index contributed by atoms with van der Waals surface area (Å²) in [4.78, 5) is 22.2. The number of piperazine rings is 1. The van der Waals surface area contributed by atoms with Gasteiger partial charge in [-0.3, -0.25) is 0 Å². The van der Waals surface area contributed by atoms with Crippen LogP contribution in [0.5, 0.6) is 0 Å². The van der Waals surface area contributed by atoms with Crippen molar-refractivity contribution in [3.63, 3.8) is 0 Å². The van der Waals surface area contributed by atoms with E-state index in [0.717, 1.165) is 19.6 Å². The zero-order chi connectivity index (χ0) is 24.8. The number of aliphatic hydroxyl groups excluding tert-OH is 2. The fourth-order valence-electron chi connectivity index (χ4n) is 4.59. The second-order valence-electron chi connectivity index (χ2n) is 8.83. The summed E-state index contributed by atoms with van der Waals surface area (Å²) < 4.78 is 2.50. The average Bonchev–Trinajstić information content (AvgIpc) is 3.12. The molecule has 0 aliphatic carbocycles. The van der Waals surface area contributed by atoms with E-state index in [1.807, 2.05) is 0 Å². The molecule has 9 nitrogen and oxygen atoms in total. The SMILES string of the molecule is C[C@@H]1CN(CCCn2c3ccccc3c3ccccc32)C[C@H](C)N1.O=C(O)C(O)C(O)C(=O)O. The number of nitrogens with one attached hydrogen (secondary N) is 1. The summed E-state index contributed by atoms with van der Waals surface area (Å²) in [6.45, 7) is 9.16. The Morgan fingerprint density at radius 3 is 1.74 bits per heavy atom. The van der Waals surface area contributed by atoms with Gasteiger partial charge in [0.15, 0.2) is 12.2 Å². The van der Waals surface area contributed by atoms with Crippen LogP contribution in [0.15, 0.2) is 48.5 Å². The molecule has 5 N–H and O–H groups in total. The fraction of sp³-hybridized carbons (Fsp3) is 0.440. The minimum atomic E-state index is -2.27. The van der Waals surface area contributed by atoms with Crippen molar-refractivity contribution in [2.45, 2.75) is 51.1 Å². The molecular weight excluding hydrogens is 438 g/mol. The minimum absolute atomic E-state index is 0.599. The van der Waals surface area contributed by atoms with E-state index in [9.17, 15) is 9.59 Å². The Morgan fingerprint density at radius 2 is 1.29 bits per heavy atom. The van der Waals surface area contributed by atoms with Gasteiger partial charge < -0.3 is 35.2 Å². The van der Waals surface area contributed by atoms with Crippen LogP contribution in [0, 0.1) is 0 Å². The molecule has 9 heteroatoms. The Kier molecular flexibility index (Phi) is 8.62. The normalized spacial score (nSPS) is 20.5. The van der Waals surface area contributed by atoms with Gasteiger partial charge in [0.1, 0.15) is 0 Å². The smallest absolute Gasteiger partial charge is 0.335 e. The van der Waals surface area contributed by atoms with Crippen LogP contribution in [-0.2, 0) is 16.1 Å².